The van der Waals surface area contributed by atoms with E-state index >= 15 is 0 Å². The summed E-state index contributed by atoms with van der Waals surface area (Å²) in [4.78, 5) is 12.5. The van der Waals surface area contributed by atoms with Crippen molar-refractivity contribution < 1.29 is 9.53 Å². The smallest absolute Gasteiger partial charge is 0.172 e. The van der Waals surface area contributed by atoms with Gasteiger partial charge in [0.25, 0.3) is 0 Å². The highest BCUT2D eigenvalue weighted by Crippen LogP contribution is 2.12. The summed E-state index contributed by atoms with van der Waals surface area (Å²) in [7, 11) is 0. The van der Waals surface area contributed by atoms with E-state index in [9.17, 15) is 4.79 Å². The third kappa shape index (κ3) is 6.59. The van der Waals surface area contributed by atoms with Gasteiger partial charge in [-0.1, -0.05) is 19.9 Å². The van der Waals surface area contributed by atoms with E-state index in [2.05, 4.69) is 13.8 Å². The molecule has 0 bridgehead atoms. The number of rotatable bonds is 9. The zero-order valence-corrected chi connectivity index (χ0v) is 11.6. The number of carbonyl (C=O) groups is 1. The summed E-state index contributed by atoms with van der Waals surface area (Å²) in [5.74, 6) is 0.991. The van der Waals surface area contributed by atoms with Gasteiger partial charge in [-0.15, -0.1) is 11.3 Å². The Balaban J connectivity index is 1.96. The number of hydrogen-bond acceptors (Lipinski definition) is 3. The lowest BCUT2D eigenvalue weighted by Crippen LogP contribution is -2.02. The Bertz CT molecular complexity index is 304. The van der Waals surface area contributed by atoms with Crippen molar-refractivity contribution in [1.82, 2.24) is 0 Å². The Morgan fingerprint density at radius 1 is 1.35 bits per heavy atom. The van der Waals surface area contributed by atoms with Crippen LogP contribution in [0.2, 0.25) is 0 Å². The zero-order chi connectivity index (χ0) is 12.5. The van der Waals surface area contributed by atoms with Crippen LogP contribution >= 0.6 is 11.3 Å². The topological polar surface area (TPSA) is 26.3 Å². The molecule has 1 rings (SSSR count). The summed E-state index contributed by atoms with van der Waals surface area (Å²) in [5, 5.41) is 1.94. The molecule has 0 fully saturated rings. The summed E-state index contributed by atoms with van der Waals surface area (Å²) in [6.07, 6.45) is 3.77. The molecule has 0 aliphatic rings. The maximum Gasteiger partial charge on any atom is 0.172 e. The van der Waals surface area contributed by atoms with Crippen LogP contribution in [0.25, 0.3) is 0 Å². The predicted octanol–water partition coefficient (Wildman–Crippen LogP) is 4.16. The first-order chi connectivity index (χ1) is 8.20. The highest BCUT2D eigenvalue weighted by Gasteiger charge is 2.05. The average molecular weight is 254 g/mol. The van der Waals surface area contributed by atoms with Gasteiger partial charge in [0, 0.05) is 19.6 Å². The third-order valence-corrected chi connectivity index (χ3v) is 3.47. The highest BCUT2D eigenvalue weighted by atomic mass is 32.1. The van der Waals surface area contributed by atoms with Gasteiger partial charge in [0.2, 0.25) is 0 Å². The van der Waals surface area contributed by atoms with Crippen molar-refractivity contribution in [2.45, 2.75) is 39.5 Å². The number of hydrogen-bond donors (Lipinski definition) is 0. The van der Waals surface area contributed by atoms with E-state index in [1.165, 1.54) is 17.8 Å². The molecule has 3 heteroatoms. The van der Waals surface area contributed by atoms with Crippen molar-refractivity contribution in [2.24, 2.45) is 5.92 Å². The first kappa shape index (κ1) is 14.4. The fraction of sp³-hybridized carbons (Fsp3) is 0.643. The molecule has 2 nitrogen and oxygen atoms in total. The normalized spacial score (nSPS) is 11.0. The van der Waals surface area contributed by atoms with Crippen LogP contribution in [0.5, 0.6) is 0 Å². The van der Waals surface area contributed by atoms with Crippen molar-refractivity contribution in [3.63, 3.8) is 0 Å². The van der Waals surface area contributed by atoms with E-state index in [4.69, 9.17) is 4.74 Å². The van der Waals surface area contributed by atoms with E-state index in [1.807, 2.05) is 17.5 Å². The van der Waals surface area contributed by atoms with Crippen LogP contribution in [0.15, 0.2) is 17.5 Å². The third-order valence-electron chi connectivity index (χ3n) is 2.56. The number of ether oxygens (including phenoxy) is 1. The van der Waals surface area contributed by atoms with Crippen LogP contribution in [0.3, 0.4) is 0 Å². The van der Waals surface area contributed by atoms with Crippen molar-refractivity contribution in [2.75, 3.05) is 13.2 Å². The highest BCUT2D eigenvalue weighted by molar-refractivity contribution is 7.12. The van der Waals surface area contributed by atoms with Gasteiger partial charge in [0.1, 0.15) is 0 Å². The van der Waals surface area contributed by atoms with Gasteiger partial charge in [-0.25, -0.2) is 0 Å². The number of carbonyl (C=O) groups excluding carboxylic acids is 1. The molecule has 0 radical (unpaired) electrons. The molecule has 0 spiro atoms. The minimum Gasteiger partial charge on any atom is -0.381 e. The minimum atomic E-state index is 0.241. The zero-order valence-electron chi connectivity index (χ0n) is 10.8. The van der Waals surface area contributed by atoms with Crippen molar-refractivity contribution >= 4 is 17.1 Å². The lowest BCUT2D eigenvalue weighted by molar-refractivity contribution is 0.0935. The molecule has 0 aromatic carbocycles. The molecule has 0 N–H and O–H groups in total. The molecular weight excluding hydrogens is 232 g/mol. The molecule has 0 amide bonds. The van der Waals surface area contributed by atoms with Gasteiger partial charge in [-0.2, -0.15) is 0 Å². The molecule has 0 atom stereocenters. The van der Waals surface area contributed by atoms with Gasteiger partial charge in [-0.05, 0) is 36.6 Å². The minimum absolute atomic E-state index is 0.241. The summed E-state index contributed by atoms with van der Waals surface area (Å²) in [5.41, 5.74) is 0. The van der Waals surface area contributed by atoms with E-state index in [0.717, 1.165) is 30.2 Å². The summed E-state index contributed by atoms with van der Waals surface area (Å²) in [6.45, 7) is 5.97. The van der Waals surface area contributed by atoms with Crippen LogP contribution in [0, 0.1) is 5.92 Å². The van der Waals surface area contributed by atoms with Crippen LogP contribution in [-0.2, 0) is 4.74 Å². The number of thiophene rings is 1. The van der Waals surface area contributed by atoms with E-state index < -0.39 is 0 Å². The van der Waals surface area contributed by atoms with E-state index in [0.29, 0.717) is 13.0 Å². The largest absolute Gasteiger partial charge is 0.381 e. The number of Topliss-reactive ketones (excluding diaryl/α,β-unsaturated/α-hetero) is 1. The summed E-state index contributed by atoms with van der Waals surface area (Å²) >= 11 is 1.52. The molecule has 0 aliphatic carbocycles. The first-order valence-corrected chi connectivity index (χ1v) is 7.22. The summed E-state index contributed by atoms with van der Waals surface area (Å²) < 4.78 is 5.50. The Labute approximate surface area is 108 Å². The molecule has 96 valence electrons. The molecule has 0 saturated carbocycles. The molecule has 1 aromatic rings. The van der Waals surface area contributed by atoms with Crippen LogP contribution < -0.4 is 0 Å². The maximum absolute atomic E-state index is 11.6. The Hall–Kier alpha value is -0.670. The quantitative estimate of drug-likeness (QED) is 0.488. The molecule has 0 aliphatic heterocycles. The lowest BCUT2D eigenvalue weighted by Gasteiger charge is -2.05. The monoisotopic (exact) mass is 254 g/mol. The first-order valence-electron chi connectivity index (χ1n) is 6.34. The molecule has 1 heterocycles. The molecule has 1 aromatic heterocycles. The van der Waals surface area contributed by atoms with E-state index in [-0.39, 0.29) is 5.78 Å². The molecular formula is C14H22O2S. The fourth-order valence-corrected chi connectivity index (χ4v) is 2.29. The molecule has 0 unspecified atom stereocenters. The van der Waals surface area contributed by atoms with Gasteiger partial charge >= 0.3 is 0 Å². The lowest BCUT2D eigenvalue weighted by atomic mass is 10.1. The van der Waals surface area contributed by atoms with Crippen molar-refractivity contribution in [3.8, 4) is 0 Å². The molecule has 17 heavy (non-hydrogen) atoms. The SMILES string of the molecule is CC(C)CCCOCCCC(=O)c1cccs1. The standard InChI is InChI=1S/C14H22O2S/c1-12(2)6-3-9-16-10-4-7-13(15)14-8-5-11-17-14/h5,8,11-12H,3-4,6-7,9-10H2,1-2H3. The second-order valence-electron chi connectivity index (χ2n) is 4.65. The van der Waals surface area contributed by atoms with Crippen LogP contribution in [0.1, 0.15) is 49.2 Å². The van der Waals surface area contributed by atoms with Gasteiger partial charge in [0.05, 0.1) is 4.88 Å². The predicted molar refractivity (Wildman–Crippen MR) is 72.8 cm³/mol. The van der Waals surface area contributed by atoms with Gasteiger partial charge in [0.15, 0.2) is 5.78 Å². The Morgan fingerprint density at radius 3 is 2.76 bits per heavy atom. The second-order valence-corrected chi connectivity index (χ2v) is 5.60. The van der Waals surface area contributed by atoms with Gasteiger partial charge in [-0.3, -0.25) is 4.79 Å². The molecule has 0 saturated heterocycles. The maximum atomic E-state index is 11.6. The van der Waals surface area contributed by atoms with Gasteiger partial charge < -0.3 is 4.74 Å². The average Bonchev–Trinajstić information content (AvgIpc) is 2.80. The van der Waals surface area contributed by atoms with Crippen LogP contribution in [0.4, 0.5) is 0 Å². The summed E-state index contributed by atoms with van der Waals surface area (Å²) in [6, 6.07) is 3.80. The Kier molecular flexibility index (Phi) is 7.13. The second kappa shape index (κ2) is 8.43. The van der Waals surface area contributed by atoms with Crippen LogP contribution in [-0.4, -0.2) is 19.0 Å². The number of ketones is 1. The van der Waals surface area contributed by atoms with Crippen molar-refractivity contribution in [1.29, 1.82) is 0 Å². The Morgan fingerprint density at radius 2 is 2.12 bits per heavy atom. The fourth-order valence-electron chi connectivity index (χ4n) is 1.59. The van der Waals surface area contributed by atoms with Crippen molar-refractivity contribution in [3.05, 3.63) is 22.4 Å². The van der Waals surface area contributed by atoms with E-state index in [1.54, 1.807) is 0 Å².